The molecule has 2 amide bonds. The molecule has 0 saturated carbocycles. The van der Waals surface area contributed by atoms with Crippen LogP contribution in [0.2, 0.25) is 0 Å². The zero-order chi connectivity index (χ0) is 26.9. The molecule has 3 unspecified atom stereocenters. The van der Waals surface area contributed by atoms with E-state index >= 15 is 0 Å². The number of nitrogens with zero attached hydrogens (tertiary/aromatic N) is 2. The number of hydrogen-bond donors (Lipinski definition) is 1. The first kappa shape index (κ1) is 27.9. The van der Waals surface area contributed by atoms with Crippen molar-refractivity contribution in [2.24, 2.45) is 11.8 Å². The van der Waals surface area contributed by atoms with E-state index in [-0.39, 0.29) is 41.1 Å². The maximum atomic E-state index is 14.4. The molecular weight excluding hydrogens is 556 g/mol. The molecule has 200 valence electrons. The molecule has 7 atom stereocenters. The quantitative estimate of drug-likeness (QED) is 0.183. The number of thioether (sulfide) groups is 1. The number of esters is 1. The maximum Gasteiger partial charge on any atom is 0.310 e. The van der Waals surface area contributed by atoms with Crippen LogP contribution >= 0.6 is 27.7 Å². The summed E-state index contributed by atoms with van der Waals surface area (Å²) in [6.07, 6.45) is 4.45. The molecule has 37 heavy (non-hydrogen) atoms. The van der Waals surface area contributed by atoms with Crippen molar-refractivity contribution >= 4 is 45.5 Å². The number of carbonyl (C=O) groups is 3. The van der Waals surface area contributed by atoms with Crippen molar-refractivity contribution in [1.29, 1.82) is 0 Å². The second-order valence-electron chi connectivity index (χ2n) is 10.1. The molecule has 2 bridgehead atoms. The van der Waals surface area contributed by atoms with E-state index in [2.05, 4.69) is 29.1 Å². The predicted molar refractivity (Wildman–Crippen MR) is 148 cm³/mol. The third-order valence-corrected chi connectivity index (χ3v) is 10.9. The van der Waals surface area contributed by atoms with E-state index in [1.165, 1.54) is 0 Å². The van der Waals surface area contributed by atoms with Crippen molar-refractivity contribution in [2.45, 2.75) is 59.6 Å². The van der Waals surface area contributed by atoms with E-state index in [1.807, 2.05) is 44.2 Å². The second kappa shape index (κ2) is 11.3. The van der Waals surface area contributed by atoms with Crippen LogP contribution in [0, 0.1) is 11.8 Å². The zero-order valence-corrected chi connectivity index (χ0v) is 23.7. The van der Waals surface area contributed by atoms with Crippen LogP contribution in [0.3, 0.4) is 0 Å². The molecule has 9 heteroatoms. The van der Waals surface area contributed by atoms with Gasteiger partial charge >= 0.3 is 5.97 Å². The van der Waals surface area contributed by atoms with Gasteiger partial charge in [-0.1, -0.05) is 58.4 Å². The number of hydrogen-bond acceptors (Lipinski definition) is 6. The van der Waals surface area contributed by atoms with Crippen LogP contribution in [0.25, 0.3) is 0 Å². The van der Waals surface area contributed by atoms with E-state index in [9.17, 15) is 19.5 Å². The van der Waals surface area contributed by atoms with E-state index in [1.54, 1.807) is 33.7 Å². The standard InChI is InChI=1S/C28H35BrN2O5S/c1-5-7-14-36-27(35)21-22-25(33)31(20(16-32)18-11-9-8-10-12-18)24(26(34)30(13-6-2)17(3)4)28(22)15-19(29)23(21)37-28/h5-6,8-12,17,19-24,32H,1-2,7,13-16H2,3-4H3/t19?,20-,21-,22+,23-,24?,28?/m1/s1. The number of fused-ring (bicyclic) bond motifs is 1. The summed E-state index contributed by atoms with van der Waals surface area (Å²) in [7, 11) is 0. The number of carbonyl (C=O) groups excluding carboxylic acids is 3. The minimum atomic E-state index is -0.842. The van der Waals surface area contributed by atoms with Crippen LogP contribution in [-0.4, -0.2) is 79.4 Å². The van der Waals surface area contributed by atoms with Gasteiger partial charge in [-0.2, -0.15) is 0 Å². The molecule has 3 heterocycles. The SMILES string of the molecule is C=CCCOC(=O)[C@H]1[C@@H]2SC3(CC2Br)C(C(=O)N(CC=C)C(C)C)N([C@H](CO)c2ccccc2)C(=O)[C@H]13. The van der Waals surface area contributed by atoms with E-state index in [0.29, 0.717) is 19.4 Å². The Hall–Kier alpha value is -2.10. The van der Waals surface area contributed by atoms with Crippen molar-refractivity contribution in [1.82, 2.24) is 9.80 Å². The number of benzene rings is 1. The summed E-state index contributed by atoms with van der Waals surface area (Å²) in [6.45, 7) is 11.6. The van der Waals surface area contributed by atoms with Crippen LogP contribution < -0.4 is 0 Å². The smallest absolute Gasteiger partial charge is 0.310 e. The predicted octanol–water partition coefficient (Wildman–Crippen LogP) is 3.73. The van der Waals surface area contributed by atoms with Gasteiger partial charge in [0.1, 0.15) is 6.04 Å². The molecule has 3 aliphatic rings. The number of likely N-dealkylation sites (tertiary alicyclic amines) is 1. The second-order valence-corrected chi connectivity index (χ2v) is 12.9. The Morgan fingerprint density at radius 2 is 2.00 bits per heavy atom. The van der Waals surface area contributed by atoms with Gasteiger partial charge in [-0.15, -0.1) is 24.9 Å². The van der Waals surface area contributed by atoms with Gasteiger partial charge in [0.05, 0.1) is 35.8 Å². The third kappa shape index (κ3) is 4.68. The molecule has 0 radical (unpaired) electrons. The Labute approximate surface area is 231 Å². The number of aliphatic hydroxyl groups is 1. The molecule has 4 rings (SSSR count). The van der Waals surface area contributed by atoms with Crippen LogP contribution in [0.15, 0.2) is 55.6 Å². The highest BCUT2D eigenvalue weighted by Crippen LogP contribution is 2.68. The van der Waals surface area contributed by atoms with Crippen molar-refractivity contribution in [3.05, 3.63) is 61.2 Å². The summed E-state index contributed by atoms with van der Waals surface area (Å²) in [5.41, 5.74) is 0.743. The lowest BCUT2D eigenvalue weighted by Gasteiger charge is -2.41. The molecule has 3 aliphatic heterocycles. The van der Waals surface area contributed by atoms with Gasteiger partial charge in [0.15, 0.2) is 0 Å². The molecule has 1 spiro atoms. The topological polar surface area (TPSA) is 87.2 Å². The summed E-state index contributed by atoms with van der Waals surface area (Å²) in [6, 6.07) is 7.59. The third-order valence-electron chi connectivity index (χ3n) is 7.72. The molecule has 3 fully saturated rings. The first-order chi connectivity index (χ1) is 17.7. The van der Waals surface area contributed by atoms with Crippen LogP contribution in [-0.2, 0) is 19.1 Å². The highest BCUT2D eigenvalue weighted by atomic mass is 79.9. The zero-order valence-electron chi connectivity index (χ0n) is 21.3. The fourth-order valence-electron chi connectivity index (χ4n) is 6.17. The largest absolute Gasteiger partial charge is 0.465 e. The van der Waals surface area contributed by atoms with Crippen molar-refractivity contribution < 1.29 is 24.2 Å². The molecule has 1 aromatic carbocycles. The highest BCUT2D eigenvalue weighted by Gasteiger charge is 2.76. The normalized spacial score (nSPS) is 30.8. The van der Waals surface area contributed by atoms with E-state index in [4.69, 9.17) is 4.74 Å². The Kier molecular flexibility index (Phi) is 8.55. The molecule has 0 aromatic heterocycles. The molecule has 7 nitrogen and oxygen atoms in total. The van der Waals surface area contributed by atoms with Crippen LogP contribution in [0.4, 0.5) is 0 Å². The van der Waals surface area contributed by atoms with Crippen molar-refractivity contribution in [2.75, 3.05) is 19.8 Å². The summed E-state index contributed by atoms with van der Waals surface area (Å²) in [4.78, 5) is 45.3. The van der Waals surface area contributed by atoms with E-state index in [0.717, 1.165) is 5.56 Å². The van der Waals surface area contributed by atoms with Crippen LogP contribution in [0.5, 0.6) is 0 Å². The number of alkyl halides is 1. The summed E-state index contributed by atoms with van der Waals surface area (Å²) >= 11 is 5.33. The fourth-order valence-corrected chi connectivity index (χ4v) is 9.75. The Balaban J connectivity index is 1.83. The summed E-state index contributed by atoms with van der Waals surface area (Å²) < 4.78 is 4.76. The van der Waals surface area contributed by atoms with Gasteiger partial charge in [0, 0.05) is 22.7 Å². The van der Waals surface area contributed by atoms with E-state index < -0.39 is 34.6 Å². The number of halogens is 1. The van der Waals surface area contributed by atoms with Crippen LogP contribution in [0.1, 0.15) is 38.3 Å². The Bertz CT molecular complexity index is 1050. The minimum absolute atomic E-state index is 0.0510. The summed E-state index contributed by atoms with van der Waals surface area (Å²) in [5.74, 6) is -2.26. The molecule has 3 saturated heterocycles. The maximum absolute atomic E-state index is 14.4. The monoisotopic (exact) mass is 590 g/mol. The van der Waals surface area contributed by atoms with Crippen molar-refractivity contribution in [3.63, 3.8) is 0 Å². The first-order valence-electron chi connectivity index (χ1n) is 12.7. The van der Waals surface area contributed by atoms with Gasteiger partial charge in [0.2, 0.25) is 11.8 Å². The summed E-state index contributed by atoms with van der Waals surface area (Å²) in [5, 5.41) is 10.4. The molecule has 1 aromatic rings. The lowest BCUT2D eigenvalue weighted by atomic mass is 9.71. The molecular formula is C28H35BrN2O5S. The lowest BCUT2D eigenvalue weighted by Crippen LogP contribution is -2.57. The minimum Gasteiger partial charge on any atom is -0.465 e. The number of aliphatic hydroxyl groups excluding tert-OH is 1. The van der Waals surface area contributed by atoms with Gasteiger partial charge in [-0.3, -0.25) is 14.4 Å². The lowest BCUT2D eigenvalue weighted by molar-refractivity contribution is -0.154. The number of rotatable bonds is 11. The average Bonchev–Trinajstić information content (AvgIpc) is 3.47. The molecule has 0 aliphatic carbocycles. The highest BCUT2D eigenvalue weighted by molar-refractivity contribution is 9.09. The Morgan fingerprint density at radius 3 is 2.59 bits per heavy atom. The molecule has 1 N–H and O–H groups in total. The van der Waals surface area contributed by atoms with Gasteiger partial charge in [0.25, 0.3) is 0 Å². The number of amides is 2. The first-order valence-corrected chi connectivity index (χ1v) is 14.5. The van der Waals surface area contributed by atoms with Gasteiger partial charge in [-0.25, -0.2) is 0 Å². The Morgan fingerprint density at radius 1 is 1.30 bits per heavy atom. The fraction of sp³-hybridized carbons (Fsp3) is 0.536. The number of ether oxygens (including phenoxy) is 1. The van der Waals surface area contributed by atoms with Gasteiger partial charge < -0.3 is 19.6 Å². The van der Waals surface area contributed by atoms with Crippen molar-refractivity contribution in [3.8, 4) is 0 Å². The average molecular weight is 592 g/mol. The van der Waals surface area contributed by atoms with Gasteiger partial charge in [-0.05, 0) is 32.3 Å².